The third-order valence-corrected chi connectivity index (χ3v) is 3.47. The number of halogens is 1. The average molecular weight is 440 g/mol. The van der Waals surface area contributed by atoms with Crippen molar-refractivity contribution in [2.45, 2.75) is 65.8 Å². The predicted octanol–water partition coefficient (Wildman–Crippen LogP) is 3.24. The van der Waals surface area contributed by atoms with Crippen LogP contribution in [0.4, 0.5) is 0 Å². The smallest absolute Gasteiger partial charge is 0.243 e. The van der Waals surface area contributed by atoms with Gasteiger partial charge >= 0.3 is 0 Å². The molecule has 1 amide bonds. The lowest BCUT2D eigenvalue weighted by atomic mass is 9.99. The highest BCUT2D eigenvalue weighted by Crippen LogP contribution is 2.11. The van der Waals surface area contributed by atoms with E-state index < -0.39 is 0 Å². The van der Waals surface area contributed by atoms with Crippen LogP contribution in [0.2, 0.25) is 0 Å². The maximum Gasteiger partial charge on any atom is 0.243 e. The van der Waals surface area contributed by atoms with Gasteiger partial charge in [0.2, 0.25) is 5.91 Å². The van der Waals surface area contributed by atoms with Crippen molar-refractivity contribution in [3.8, 4) is 0 Å². The Balaban J connectivity index is 0. The first kappa shape index (κ1) is 24.7. The summed E-state index contributed by atoms with van der Waals surface area (Å²) < 4.78 is 0. The Morgan fingerprint density at radius 2 is 1.83 bits per heavy atom. The summed E-state index contributed by atoms with van der Waals surface area (Å²) in [7, 11) is 3.50. The third-order valence-electron chi connectivity index (χ3n) is 3.47. The number of hydrogen-bond acceptors (Lipinski definition) is 2. The minimum Gasteiger partial charge on any atom is -0.356 e. The first-order chi connectivity index (χ1) is 10.2. The second-order valence-electron chi connectivity index (χ2n) is 7.13. The second kappa shape index (κ2) is 12.8. The normalized spacial score (nSPS) is 13.1. The van der Waals surface area contributed by atoms with Gasteiger partial charge < -0.3 is 15.5 Å². The lowest BCUT2D eigenvalue weighted by Crippen LogP contribution is -2.49. The van der Waals surface area contributed by atoms with Gasteiger partial charge in [0, 0.05) is 26.2 Å². The number of rotatable bonds is 8. The average Bonchev–Trinajstić information content (AvgIpc) is 2.42. The maximum absolute atomic E-state index is 11.7. The summed E-state index contributed by atoms with van der Waals surface area (Å²) in [6.45, 7) is 11.8. The van der Waals surface area contributed by atoms with E-state index in [0.717, 1.165) is 18.9 Å². The van der Waals surface area contributed by atoms with Crippen molar-refractivity contribution in [1.29, 1.82) is 0 Å². The third kappa shape index (κ3) is 13.6. The van der Waals surface area contributed by atoms with Gasteiger partial charge in [-0.1, -0.05) is 33.1 Å². The van der Waals surface area contributed by atoms with E-state index in [0.29, 0.717) is 5.92 Å². The molecule has 1 unspecified atom stereocenters. The van der Waals surface area contributed by atoms with E-state index in [1.807, 2.05) is 0 Å². The van der Waals surface area contributed by atoms with Crippen LogP contribution in [0.15, 0.2) is 4.99 Å². The number of nitrogens with one attached hydrogen (secondary N) is 2. The van der Waals surface area contributed by atoms with Crippen LogP contribution in [0.25, 0.3) is 0 Å². The molecule has 0 radical (unpaired) electrons. The van der Waals surface area contributed by atoms with E-state index in [9.17, 15) is 4.79 Å². The van der Waals surface area contributed by atoms with Crippen LogP contribution < -0.4 is 10.6 Å². The van der Waals surface area contributed by atoms with E-state index in [1.165, 1.54) is 19.3 Å². The molecule has 0 aromatic heterocycles. The Morgan fingerprint density at radius 1 is 1.22 bits per heavy atom. The minimum absolute atomic E-state index is 0. The molecule has 1 atom stereocenters. The summed E-state index contributed by atoms with van der Waals surface area (Å²) in [4.78, 5) is 17.7. The van der Waals surface area contributed by atoms with Crippen LogP contribution in [-0.2, 0) is 4.79 Å². The maximum atomic E-state index is 11.7. The Kier molecular flexibility index (Phi) is 13.8. The minimum atomic E-state index is -0.0852. The number of unbranched alkanes of at least 4 members (excludes halogenated alkanes) is 1. The fourth-order valence-electron chi connectivity index (χ4n) is 1.97. The van der Waals surface area contributed by atoms with Crippen LogP contribution in [0.3, 0.4) is 0 Å². The largest absolute Gasteiger partial charge is 0.356 e. The summed E-state index contributed by atoms with van der Waals surface area (Å²) in [6, 6.07) is 0. The zero-order chi connectivity index (χ0) is 17.2. The molecule has 0 rings (SSSR count). The molecule has 23 heavy (non-hydrogen) atoms. The number of nitrogens with zero attached hydrogens (tertiary/aromatic N) is 2. The molecule has 0 saturated carbocycles. The van der Waals surface area contributed by atoms with Crippen molar-refractivity contribution in [2.24, 2.45) is 10.9 Å². The van der Waals surface area contributed by atoms with E-state index in [-0.39, 0.29) is 42.0 Å². The SMILES string of the molecule is CCCCC(CC)CNC(=NCC(=O)N(C)C)NC(C)(C)C.I. The van der Waals surface area contributed by atoms with Crippen molar-refractivity contribution in [2.75, 3.05) is 27.2 Å². The number of carbonyl (C=O) groups excluding carboxylic acids is 1. The molecule has 6 heteroatoms. The summed E-state index contributed by atoms with van der Waals surface area (Å²) in [5, 5.41) is 6.75. The molecule has 0 spiro atoms. The highest BCUT2D eigenvalue weighted by molar-refractivity contribution is 14.0. The number of likely N-dealkylation sites (N-methyl/N-ethyl adjacent to an activating group) is 1. The van der Waals surface area contributed by atoms with Crippen LogP contribution in [0.5, 0.6) is 0 Å². The second-order valence-corrected chi connectivity index (χ2v) is 7.13. The van der Waals surface area contributed by atoms with Crippen molar-refractivity contribution in [3.63, 3.8) is 0 Å². The van der Waals surface area contributed by atoms with E-state index in [2.05, 4.69) is 50.2 Å². The topological polar surface area (TPSA) is 56.7 Å². The van der Waals surface area contributed by atoms with Crippen molar-refractivity contribution in [1.82, 2.24) is 15.5 Å². The predicted molar refractivity (Wildman–Crippen MR) is 111 cm³/mol. The monoisotopic (exact) mass is 440 g/mol. The zero-order valence-electron chi connectivity index (χ0n) is 16.0. The Morgan fingerprint density at radius 3 is 2.26 bits per heavy atom. The summed E-state index contributed by atoms with van der Waals surface area (Å²) >= 11 is 0. The van der Waals surface area contributed by atoms with Crippen molar-refractivity contribution < 1.29 is 4.79 Å². The van der Waals surface area contributed by atoms with Crippen LogP contribution in [0.1, 0.15) is 60.3 Å². The first-order valence-corrected chi connectivity index (χ1v) is 8.46. The van der Waals surface area contributed by atoms with Crippen molar-refractivity contribution >= 4 is 35.8 Å². The molecule has 0 aromatic rings. The molecular formula is C17H37IN4O. The van der Waals surface area contributed by atoms with Gasteiger partial charge in [0.05, 0.1) is 0 Å². The number of guanidine groups is 1. The van der Waals surface area contributed by atoms with Gasteiger partial charge in [-0.15, -0.1) is 24.0 Å². The number of amides is 1. The summed E-state index contributed by atoms with van der Waals surface area (Å²) in [5.41, 5.74) is -0.0852. The highest BCUT2D eigenvalue weighted by atomic mass is 127. The molecule has 0 saturated heterocycles. The standard InChI is InChI=1S/C17H36N4O.HI/c1-8-10-11-14(9-2)12-18-16(20-17(3,4)5)19-13-15(22)21(6)7;/h14H,8-13H2,1-7H3,(H2,18,19,20);1H. The number of hydrogen-bond donors (Lipinski definition) is 2. The molecule has 0 bridgehead atoms. The van der Waals surface area contributed by atoms with Gasteiger partial charge in [-0.2, -0.15) is 0 Å². The molecule has 0 fully saturated rings. The van der Waals surface area contributed by atoms with Crippen LogP contribution in [-0.4, -0.2) is 49.5 Å². The molecule has 0 heterocycles. The molecule has 0 aliphatic carbocycles. The van der Waals surface area contributed by atoms with Crippen molar-refractivity contribution in [3.05, 3.63) is 0 Å². The van der Waals surface area contributed by atoms with E-state index >= 15 is 0 Å². The Bertz CT molecular complexity index is 351. The fraction of sp³-hybridized carbons (Fsp3) is 0.882. The molecule has 5 nitrogen and oxygen atoms in total. The summed E-state index contributed by atoms with van der Waals surface area (Å²) in [5.74, 6) is 1.38. The van der Waals surface area contributed by atoms with Gasteiger partial charge in [0.1, 0.15) is 6.54 Å². The van der Waals surface area contributed by atoms with E-state index in [1.54, 1.807) is 19.0 Å². The lowest BCUT2D eigenvalue weighted by Gasteiger charge is -2.25. The van der Waals surface area contributed by atoms with Gasteiger partial charge in [0.15, 0.2) is 5.96 Å². The number of aliphatic imine (C=N–C) groups is 1. The van der Waals surface area contributed by atoms with E-state index in [4.69, 9.17) is 0 Å². The fourth-order valence-corrected chi connectivity index (χ4v) is 1.97. The molecule has 0 aliphatic heterocycles. The Labute approximate surface area is 160 Å². The molecule has 138 valence electrons. The molecular weight excluding hydrogens is 403 g/mol. The molecule has 2 N–H and O–H groups in total. The Hall–Kier alpha value is -0.530. The summed E-state index contributed by atoms with van der Waals surface area (Å²) in [6.07, 6.45) is 4.89. The highest BCUT2D eigenvalue weighted by Gasteiger charge is 2.14. The zero-order valence-corrected chi connectivity index (χ0v) is 18.4. The first-order valence-electron chi connectivity index (χ1n) is 8.46. The van der Waals surface area contributed by atoms with Crippen LogP contribution in [0, 0.1) is 5.92 Å². The molecule has 0 aromatic carbocycles. The van der Waals surface area contributed by atoms with Gasteiger partial charge in [-0.05, 0) is 33.1 Å². The quantitative estimate of drug-likeness (QED) is 0.346. The van der Waals surface area contributed by atoms with Crippen LogP contribution >= 0.6 is 24.0 Å². The van der Waals surface area contributed by atoms with Gasteiger partial charge in [-0.25, -0.2) is 4.99 Å². The van der Waals surface area contributed by atoms with Gasteiger partial charge in [0.25, 0.3) is 0 Å². The van der Waals surface area contributed by atoms with Gasteiger partial charge in [-0.3, -0.25) is 4.79 Å². The lowest BCUT2D eigenvalue weighted by molar-refractivity contribution is -0.127. The number of carbonyl (C=O) groups is 1. The molecule has 0 aliphatic rings.